The SMILES string of the molecule is CCCC1CCC(Br)C(CC2CC3CCC2C3)C1. The van der Waals surface area contributed by atoms with E-state index < -0.39 is 0 Å². The van der Waals surface area contributed by atoms with Crippen molar-refractivity contribution in [1.29, 1.82) is 0 Å². The van der Waals surface area contributed by atoms with Gasteiger partial charge in [0.2, 0.25) is 0 Å². The van der Waals surface area contributed by atoms with E-state index in [1.807, 2.05) is 0 Å². The van der Waals surface area contributed by atoms with Gasteiger partial charge in [-0.3, -0.25) is 0 Å². The van der Waals surface area contributed by atoms with Crippen LogP contribution in [0.5, 0.6) is 0 Å². The molecule has 0 saturated heterocycles. The van der Waals surface area contributed by atoms with E-state index >= 15 is 0 Å². The van der Waals surface area contributed by atoms with Crippen molar-refractivity contribution in [3.8, 4) is 0 Å². The van der Waals surface area contributed by atoms with E-state index in [1.54, 1.807) is 32.1 Å². The molecule has 3 aliphatic rings. The van der Waals surface area contributed by atoms with Gasteiger partial charge in [0.25, 0.3) is 0 Å². The van der Waals surface area contributed by atoms with Crippen molar-refractivity contribution in [2.45, 2.75) is 76.0 Å². The first kappa shape index (κ1) is 13.5. The van der Waals surface area contributed by atoms with Gasteiger partial charge in [-0.2, -0.15) is 0 Å². The first-order chi connectivity index (χ1) is 8.76. The van der Waals surface area contributed by atoms with E-state index in [9.17, 15) is 0 Å². The minimum Gasteiger partial charge on any atom is -0.0888 e. The zero-order chi connectivity index (χ0) is 12.5. The molecular formula is C17H29Br. The van der Waals surface area contributed by atoms with Gasteiger partial charge >= 0.3 is 0 Å². The maximum Gasteiger partial charge on any atom is 0.0174 e. The standard InChI is InChI=1S/C17H29Br/c1-2-3-12-5-7-17(18)16(8-12)11-15-10-13-4-6-14(15)9-13/h12-17H,2-11H2,1H3. The molecule has 0 aliphatic heterocycles. The van der Waals surface area contributed by atoms with Crippen molar-refractivity contribution in [2.24, 2.45) is 29.6 Å². The molecule has 2 bridgehead atoms. The van der Waals surface area contributed by atoms with Gasteiger partial charge in [0.15, 0.2) is 0 Å². The van der Waals surface area contributed by atoms with Crippen LogP contribution in [0.25, 0.3) is 0 Å². The first-order valence-electron chi connectivity index (χ1n) is 8.40. The summed E-state index contributed by atoms with van der Waals surface area (Å²) in [6, 6.07) is 0. The van der Waals surface area contributed by atoms with Crippen molar-refractivity contribution in [2.75, 3.05) is 0 Å². The molecule has 0 heterocycles. The van der Waals surface area contributed by atoms with E-state index in [0.29, 0.717) is 0 Å². The average Bonchev–Trinajstić information content (AvgIpc) is 2.96. The molecule has 3 aliphatic carbocycles. The van der Waals surface area contributed by atoms with Gasteiger partial charge in [-0.15, -0.1) is 0 Å². The van der Waals surface area contributed by atoms with Crippen molar-refractivity contribution >= 4 is 15.9 Å². The molecule has 18 heavy (non-hydrogen) atoms. The van der Waals surface area contributed by atoms with E-state index in [0.717, 1.165) is 34.4 Å². The minimum atomic E-state index is 0.838. The summed E-state index contributed by atoms with van der Waals surface area (Å²) in [6.07, 6.45) is 15.2. The Morgan fingerprint density at radius 1 is 0.944 bits per heavy atom. The van der Waals surface area contributed by atoms with Crippen LogP contribution in [0, 0.1) is 29.6 Å². The lowest BCUT2D eigenvalue weighted by molar-refractivity contribution is 0.197. The van der Waals surface area contributed by atoms with Gasteiger partial charge < -0.3 is 0 Å². The Hall–Kier alpha value is 0.480. The zero-order valence-corrected chi connectivity index (χ0v) is 13.5. The number of hydrogen-bond acceptors (Lipinski definition) is 0. The molecule has 0 aromatic rings. The Labute approximate surface area is 121 Å². The summed E-state index contributed by atoms with van der Waals surface area (Å²) >= 11 is 3.99. The molecule has 0 aromatic heterocycles. The van der Waals surface area contributed by atoms with E-state index in [1.165, 1.54) is 32.1 Å². The Kier molecular flexibility index (Phi) is 4.38. The predicted octanol–water partition coefficient (Wildman–Crippen LogP) is 5.79. The van der Waals surface area contributed by atoms with Crippen molar-refractivity contribution in [3.05, 3.63) is 0 Å². The Bertz CT molecular complexity index is 275. The van der Waals surface area contributed by atoms with E-state index in [-0.39, 0.29) is 0 Å². The summed E-state index contributed by atoms with van der Waals surface area (Å²) in [5, 5.41) is 0. The number of alkyl halides is 1. The second-order valence-electron chi connectivity index (χ2n) is 7.41. The monoisotopic (exact) mass is 312 g/mol. The summed E-state index contributed by atoms with van der Waals surface area (Å²) < 4.78 is 0. The number of rotatable bonds is 4. The lowest BCUT2D eigenvalue weighted by Crippen LogP contribution is -2.28. The van der Waals surface area contributed by atoms with Crippen LogP contribution in [0.2, 0.25) is 0 Å². The molecule has 0 amide bonds. The summed E-state index contributed by atoms with van der Waals surface area (Å²) in [5.41, 5.74) is 0. The lowest BCUT2D eigenvalue weighted by Gasteiger charge is -2.36. The molecule has 1 heteroatoms. The van der Waals surface area contributed by atoms with Crippen LogP contribution in [0.3, 0.4) is 0 Å². The predicted molar refractivity (Wildman–Crippen MR) is 82.0 cm³/mol. The Balaban J connectivity index is 1.54. The summed E-state index contributed by atoms with van der Waals surface area (Å²) in [5.74, 6) is 5.41. The fraction of sp³-hybridized carbons (Fsp3) is 1.00. The fourth-order valence-electron chi connectivity index (χ4n) is 5.29. The molecule has 0 radical (unpaired) electrons. The van der Waals surface area contributed by atoms with Crippen LogP contribution in [-0.4, -0.2) is 4.83 Å². The summed E-state index contributed by atoms with van der Waals surface area (Å²) in [7, 11) is 0. The second-order valence-corrected chi connectivity index (χ2v) is 8.59. The van der Waals surface area contributed by atoms with Gasteiger partial charge in [0.1, 0.15) is 0 Å². The van der Waals surface area contributed by atoms with E-state index in [2.05, 4.69) is 22.9 Å². The second kappa shape index (κ2) is 5.85. The molecule has 6 unspecified atom stereocenters. The largest absolute Gasteiger partial charge is 0.0888 e. The van der Waals surface area contributed by atoms with Crippen LogP contribution < -0.4 is 0 Å². The van der Waals surface area contributed by atoms with Crippen molar-refractivity contribution in [3.63, 3.8) is 0 Å². The number of hydrogen-bond donors (Lipinski definition) is 0. The molecule has 0 N–H and O–H groups in total. The Morgan fingerprint density at radius 2 is 1.83 bits per heavy atom. The van der Waals surface area contributed by atoms with Crippen molar-refractivity contribution < 1.29 is 0 Å². The van der Waals surface area contributed by atoms with Gasteiger partial charge in [-0.25, -0.2) is 0 Å². The molecule has 3 fully saturated rings. The van der Waals surface area contributed by atoms with Gasteiger partial charge in [-0.1, -0.05) is 42.1 Å². The quantitative estimate of drug-likeness (QED) is 0.576. The fourth-order valence-corrected chi connectivity index (χ4v) is 5.99. The van der Waals surface area contributed by atoms with E-state index in [4.69, 9.17) is 0 Å². The maximum atomic E-state index is 3.99. The summed E-state index contributed by atoms with van der Waals surface area (Å²) in [6.45, 7) is 2.35. The molecule has 3 saturated carbocycles. The highest BCUT2D eigenvalue weighted by Crippen LogP contribution is 2.52. The highest BCUT2D eigenvalue weighted by molar-refractivity contribution is 9.09. The molecule has 6 atom stereocenters. The lowest BCUT2D eigenvalue weighted by atomic mass is 9.73. The number of halogens is 1. The topological polar surface area (TPSA) is 0 Å². The minimum absolute atomic E-state index is 0.838. The molecule has 104 valence electrons. The molecular weight excluding hydrogens is 284 g/mol. The molecule has 0 aromatic carbocycles. The smallest absolute Gasteiger partial charge is 0.0174 e. The van der Waals surface area contributed by atoms with Crippen LogP contribution in [0.4, 0.5) is 0 Å². The molecule has 0 nitrogen and oxygen atoms in total. The van der Waals surface area contributed by atoms with Crippen LogP contribution in [-0.2, 0) is 0 Å². The summed E-state index contributed by atoms with van der Waals surface area (Å²) in [4.78, 5) is 0.838. The third-order valence-corrected chi connectivity index (χ3v) is 7.39. The van der Waals surface area contributed by atoms with Gasteiger partial charge in [-0.05, 0) is 74.5 Å². The highest BCUT2D eigenvalue weighted by atomic mass is 79.9. The normalized spacial score (nSPS) is 47.7. The zero-order valence-electron chi connectivity index (χ0n) is 11.9. The van der Waals surface area contributed by atoms with Crippen LogP contribution in [0.15, 0.2) is 0 Å². The molecule has 0 spiro atoms. The maximum absolute atomic E-state index is 3.99. The van der Waals surface area contributed by atoms with Crippen LogP contribution in [0.1, 0.15) is 71.1 Å². The first-order valence-corrected chi connectivity index (χ1v) is 9.31. The third kappa shape index (κ3) is 2.81. The highest BCUT2D eigenvalue weighted by Gasteiger charge is 2.41. The van der Waals surface area contributed by atoms with Crippen LogP contribution >= 0.6 is 15.9 Å². The van der Waals surface area contributed by atoms with Crippen molar-refractivity contribution in [1.82, 2.24) is 0 Å². The average molecular weight is 313 g/mol. The van der Waals surface area contributed by atoms with Gasteiger partial charge in [0.05, 0.1) is 0 Å². The molecule has 3 rings (SSSR count). The third-order valence-electron chi connectivity index (χ3n) is 6.19. The number of fused-ring (bicyclic) bond motifs is 2. The van der Waals surface area contributed by atoms with Gasteiger partial charge in [0, 0.05) is 4.83 Å². The Morgan fingerprint density at radius 3 is 2.50 bits per heavy atom.